The van der Waals surface area contributed by atoms with Gasteiger partial charge in [0.1, 0.15) is 0 Å². The summed E-state index contributed by atoms with van der Waals surface area (Å²) in [6.07, 6.45) is 1.13. The van der Waals surface area contributed by atoms with Gasteiger partial charge in [-0.25, -0.2) is 8.78 Å². The number of hydrogen-bond donors (Lipinski definition) is 1. The topological polar surface area (TPSA) is 20.2 Å². The first-order chi connectivity index (χ1) is 7.66. The molecule has 88 valence electrons. The van der Waals surface area contributed by atoms with Crippen LogP contribution >= 0.6 is 0 Å². The minimum Gasteiger partial charge on any atom is -0.388 e. The van der Waals surface area contributed by atoms with Gasteiger partial charge in [0.25, 0.3) is 6.43 Å². The van der Waals surface area contributed by atoms with Crippen LogP contribution in [0.1, 0.15) is 49.3 Å². The molecular weight excluding hydrogens is 210 g/mol. The third-order valence-corrected chi connectivity index (χ3v) is 3.09. The van der Waals surface area contributed by atoms with E-state index in [1.165, 1.54) is 25.0 Å². The lowest BCUT2D eigenvalue weighted by Gasteiger charge is -2.11. The molecule has 1 fully saturated rings. The van der Waals surface area contributed by atoms with E-state index in [1.54, 1.807) is 12.1 Å². The molecule has 0 aromatic heterocycles. The molecule has 0 bridgehead atoms. The van der Waals surface area contributed by atoms with Gasteiger partial charge in [0.05, 0.1) is 6.10 Å². The molecule has 0 aliphatic heterocycles. The van der Waals surface area contributed by atoms with E-state index in [0.29, 0.717) is 12.0 Å². The predicted octanol–water partition coefficient (Wildman–Crippen LogP) is 3.85. The Labute approximate surface area is 94.1 Å². The van der Waals surface area contributed by atoms with Crippen LogP contribution in [0.3, 0.4) is 0 Å². The molecule has 0 radical (unpaired) electrons. The van der Waals surface area contributed by atoms with Gasteiger partial charge in [-0.2, -0.15) is 0 Å². The van der Waals surface area contributed by atoms with Crippen LogP contribution in [0.15, 0.2) is 24.3 Å². The molecule has 0 saturated heterocycles. The molecule has 1 atom stereocenters. The Balaban J connectivity index is 1.97. The molecule has 1 unspecified atom stereocenters. The predicted molar refractivity (Wildman–Crippen MR) is 58.3 cm³/mol. The molecule has 0 spiro atoms. The summed E-state index contributed by atoms with van der Waals surface area (Å²) in [4.78, 5) is 0. The van der Waals surface area contributed by atoms with Crippen LogP contribution in [0.4, 0.5) is 8.78 Å². The van der Waals surface area contributed by atoms with Crippen LogP contribution in [0, 0.1) is 5.92 Å². The van der Waals surface area contributed by atoms with Crippen LogP contribution in [-0.2, 0) is 0 Å². The molecule has 1 aromatic carbocycles. The van der Waals surface area contributed by atoms with Crippen molar-refractivity contribution < 1.29 is 13.9 Å². The van der Waals surface area contributed by atoms with Crippen molar-refractivity contribution in [3.8, 4) is 0 Å². The maximum Gasteiger partial charge on any atom is 0.263 e. The van der Waals surface area contributed by atoms with E-state index in [1.807, 2.05) is 0 Å². The molecule has 0 heterocycles. The monoisotopic (exact) mass is 226 g/mol. The van der Waals surface area contributed by atoms with Crippen molar-refractivity contribution in [3.63, 3.8) is 0 Å². The molecular formula is C13H16F2O. The third-order valence-electron chi connectivity index (χ3n) is 3.09. The highest BCUT2D eigenvalue weighted by atomic mass is 19.3. The van der Waals surface area contributed by atoms with Crippen LogP contribution in [0.25, 0.3) is 0 Å². The highest BCUT2D eigenvalue weighted by molar-refractivity contribution is 5.25. The number of rotatable bonds is 5. The maximum atomic E-state index is 12.5. The second-order valence-corrected chi connectivity index (χ2v) is 4.51. The number of aliphatic hydroxyl groups excluding tert-OH is 1. The van der Waals surface area contributed by atoms with E-state index < -0.39 is 12.5 Å². The molecule has 16 heavy (non-hydrogen) atoms. The van der Waals surface area contributed by atoms with Gasteiger partial charge in [-0.05, 0) is 30.4 Å². The summed E-state index contributed by atoms with van der Waals surface area (Å²) >= 11 is 0. The highest BCUT2D eigenvalue weighted by Crippen LogP contribution is 2.36. The second kappa shape index (κ2) is 4.91. The molecule has 1 aliphatic carbocycles. The van der Waals surface area contributed by atoms with Crippen molar-refractivity contribution in [3.05, 3.63) is 35.4 Å². The molecule has 1 N–H and O–H groups in total. The summed E-state index contributed by atoms with van der Waals surface area (Å²) in [5.41, 5.74) is 0.599. The molecule has 1 aliphatic rings. The third kappa shape index (κ3) is 3.01. The van der Waals surface area contributed by atoms with Crippen molar-refractivity contribution >= 4 is 0 Å². The standard InChI is InChI=1S/C13H16F2O/c14-13(15)11-3-1-2-10(8-11)12(16)7-6-9-4-5-9/h1-3,8-9,12-13,16H,4-7H2. The molecule has 1 saturated carbocycles. The minimum absolute atomic E-state index is 0.0111. The normalized spacial score (nSPS) is 17.8. The number of benzene rings is 1. The van der Waals surface area contributed by atoms with Gasteiger partial charge in [-0.15, -0.1) is 0 Å². The van der Waals surface area contributed by atoms with E-state index in [4.69, 9.17) is 0 Å². The Hall–Kier alpha value is -0.960. The van der Waals surface area contributed by atoms with Gasteiger partial charge < -0.3 is 5.11 Å². The average molecular weight is 226 g/mol. The average Bonchev–Trinajstić information content (AvgIpc) is 3.10. The van der Waals surface area contributed by atoms with Gasteiger partial charge in [0.15, 0.2) is 0 Å². The quantitative estimate of drug-likeness (QED) is 0.808. The first-order valence-electron chi connectivity index (χ1n) is 5.73. The van der Waals surface area contributed by atoms with Crippen molar-refractivity contribution in [2.75, 3.05) is 0 Å². The van der Waals surface area contributed by atoms with Crippen molar-refractivity contribution in [1.82, 2.24) is 0 Å². The molecule has 2 rings (SSSR count). The zero-order valence-electron chi connectivity index (χ0n) is 9.07. The van der Waals surface area contributed by atoms with Crippen molar-refractivity contribution in [2.45, 2.75) is 38.2 Å². The van der Waals surface area contributed by atoms with Crippen LogP contribution in [0.5, 0.6) is 0 Å². The largest absolute Gasteiger partial charge is 0.388 e. The van der Waals surface area contributed by atoms with E-state index >= 15 is 0 Å². The lowest BCUT2D eigenvalue weighted by molar-refractivity contribution is 0.148. The second-order valence-electron chi connectivity index (χ2n) is 4.51. The molecule has 1 nitrogen and oxygen atoms in total. The summed E-state index contributed by atoms with van der Waals surface area (Å²) in [6.45, 7) is 0. The minimum atomic E-state index is -2.46. The number of halogens is 2. The summed E-state index contributed by atoms with van der Waals surface area (Å²) in [5, 5.41) is 9.86. The summed E-state index contributed by atoms with van der Waals surface area (Å²) in [7, 11) is 0. The first-order valence-corrected chi connectivity index (χ1v) is 5.73. The Morgan fingerprint density at radius 3 is 2.56 bits per heavy atom. The van der Waals surface area contributed by atoms with E-state index in [0.717, 1.165) is 12.3 Å². The zero-order valence-corrected chi connectivity index (χ0v) is 9.07. The first kappa shape index (κ1) is 11.5. The highest BCUT2D eigenvalue weighted by Gasteiger charge is 2.22. The Kier molecular flexibility index (Phi) is 3.54. The molecule has 3 heteroatoms. The summed E-state index contributed by atoms with van der Waals surface area (Å²) < 4.78 is 24.9. The summed E-state index contributed by atoms with van der Waals surface area (Å²) in [6, 6.07) is 6.09. The van der Waals surface area contributed by atoms with Crippen molar-refractivity contribution in [1.29, 1.82) is 0 Å². The van der Waals surface area contributed by atoms with Crippen LogP contribution in [0.2, 0.25) is 0 Å². The lowest BCUT2D eigenvalue weighted by Crippen LogP contribution is -1.99. The fourth-order valence-corrected chi connectivity index (χ4v) is 1.87. The lowest BCUT2D eigenvalue weighted by atomic mass is 10.0. The SMILES string of the molecule is OC(CCC1CC1)c1cccc(C(F)F)c1. The smallest absolute Gasteiger partial charge is 0.263 e. The van der Waals surface area contributed by atoms with Gasteiger partial charge in [-0.3, -0.25) is 0 Å². The fourth-order valence-electron chi connectivity index (χ4n) is 1.87. The van der Waals surface area contributed by atoms with E-state index in [-0.39, 0.29) is 5.56 Å². The van der Waals surface area contributed by atoms with Crippen LogP contribution < -0.4 is 0 Å². The van der Waals surface area contributed by atoms with Gasteiger partial charge >= 0.3 is 0 Å². The number of aliphatic hydroxyl groups is 1. The van der Waals surface area contributed by atoms with Gasteiger partial charge in [0.2, 0.25) is 0 Å². The van der Waals surface area contributed by atoms with Crippen molar-refractivity contribution in [2.24, 2.45) is 5.92 Å². The Morgan fingerprint density at radius 2 is 1.94 bits per heavy atom. The summed E-state index contributed by atoms with van der Waals surface area (Å²) in [5.74, 6) is 0.757. The number of alkyl halides is 2. The Morgan fingerprint density at radius 1 is 1.25 bits per heavy atom. The maximum absolute atomic E-state index is 12.5. The number of hydrogen-bond acceptors (Lipinski definition) is 1. The van der Waals surface area contributed by atoms with Gasteiger partial charge in [0, 0.05) is 5.56 Å². The van der Waals surface area contributed by atoms with Gasteiger partial charge in [-0.1, -0.05) is 31.0 Å². The Bertz CT molecular complexity index is 348. The molecule has 0 amide bonds. The van der Waals surface area contributed by atoms with E-state index in [9.17, 15) is 13.9 Å². The zero-order chi connectivity index (χ0) is 11.5. The molecule has 1 aromatic rings. The van der Waals surface area contributed by atoms with E-state index in [2.05, 4.69) is 0 Å². The fraction of sp³-hybridized carbons (Fsp3) is 0.538. The van der Waals surface area contributed by atoms with Crippen LogP contribution in [-0.4, -0.2) is 5.11 Å².